The van der Waals surface area contributed by atoms with Crippen LogP contribution in [0.25, 0.3) is 0 Å². The van der Waals surface area contributed by atoms with E-state index in [2.05, 4.69) is 16.0 Å². The molecule has 1 fully saturated rings. The number of methoxy groups -OCH3 is 1. The summed E-state index contributed by atoms with van der Waals surface area (Å²) in [5.41, 5.74) is 1.02. The van der Waals surface area contributed by atoms with Gasteiger partial charge in [0, 0.05) is 17.8 Å². The summed E-state index contributed by atoms with van der Waals surface area (Å²) in [5, 5.41) is 8.61. The second-order valence-electron chi connectivity index (χ2n) is 6.38. The van der Waals surface area contributed by atoms with Gasteiger partial charge in [-0.3, -0.25) is 9.59 Å². The molecule has 2 aromatic carbocycles. The minimum Gasteiger partial charge on any atom is -0.495 e. The Bertz CT molecular complexity index is 874. The molecule has 8 heteroatoms. The third kappa shape index (κ3) is 4.65. The number of nitrogens with one attached hydrogen (secondary N) is 3. The fraction of sp³-hybridized carbons (Fsp3) is 0.300. The van der Waals surface area contributed by atoms with Crippen LogP contribution in [0, 0.1) is 5.82 Å². The minimum atomic E-state index is -0.503. The van der Waals surface area contributed by atoms with Crippen LogP contribution in [0.2, 0.25) is 0 Å². The topological polar surface area (TPSA) is 88.7 Å². The van der Waals surface area contributed by atoms with E-state index in [0.29, 0.717) is 30.3 Å². The van der Waals surface area contributed by atoms with Gasteiger partial charge in [0.25, 0.3) is 5.91 Å². The van der Waals surface area contributed by atoms with Gasteiger partial charge < -0.3 is 25.4 Å². The summed E-state index contributed by atoms with van der Waals surface area (Å²) < 4.78 is 24.1. The number of morpholine rings is 1. The molecule has 0 aromatic heterocycles. The standard InChI is InChI=1S/C20H22FN3O4/c1-12-18(22-8-9-28-12)20(26)23-15-6-7-17(27-2)16(11-15)24-19(25)13-4-3-5-14(21)10-13/h3-7,10-12,18,22H,8-9H2,1-2H3,(H,23,26)(H,24,25)/t12-,18+/m1/s1. The molecule has 0 radical (unpaired) electrons. The average molecular weight is 387 g/mol. The number of carbonyl (C=O) groups is 2. The summed E-state index contributed by atoms with van der Waals surface area (Å²) in [6.07, 6.45) is -0.251. The van der Waals surface area contributed by atoms with Crippen LogP contribution in [0.5, 0.6) is 5.75 Å². The normalized spacial score (nSPS) is 19.0. The lowest BCUT2D eigenvalue weighted by atomic mass is 10.1. The third-order valence-corrected chi connectivity index (χ3v) is 4.40. The van der Waals surface area contributed by atoms with Crippen molar-refractivity contribution in [3.63, 3.8) is 0 Å². The average Bonchev–Trinajstić information content (AvgIpc) is 2.68. The molecule has 148 valence electrons. The lowest BCUT2D eigenvalue weighted by Crippen LogP contribution is -2.53. The molecule has 0 spiro atoms. The molecule has 0 bridgehead atoms. The molecule has 3 rings (SSSR count). The molecular weight excluding hydrogens is 365 g/mol. The first-order chi connectivity index (χ1) is 13.5. The van der Waals surface area contributed by atoms with Crippen molar-refractivity contribution in [2.45, 2.75) is 19.1 Å². The Hall–Kier alpha value is -2.97. The van der Waals surface area contributed by atoms with Crippen molar-refractivity contribution >= 4 is 23.2 Å². The predicted octanol–water partition coefficient (Wildman–Crippen LogP) is 2.40. The smallest absolute Gasteiger partial charge is 0.255 e. The quantitative estimate of drug-likeness (QED) is 0.733. The fourth-order valence-corrected chi connectivity index (χ4v) is 2.95. The molecule has 1 aliphatic heterocycles. The summed E-state index contributed by atoms with van der Waals surface area (Å²) in [6.45, 7) is 2.98. The molecule has 1 heterocycles. The first-order valence-electron chi connectivity index (χ1n) is 8.88. The van der Waals surface area contributed by atoms with Crippen LogP contribution in [0.4, 0.5) is 15.8 Å². The SMILES string of the molecule is COc1ccc(NC(=O)[C@H]2NCCO[C@@H]2C)cc1NC(=O)c1cccc(F)c1. The maximum Gasteiger partial charge on any atom is 0.255 e. The Morgan fingerprint density at radius 2 is 2.04 bits per heavy atom. The van der Waals surface area contributed by atoms with Crippen LogP contribution in [0.1, 0.15) is 17.3 Å². The van der Waals surface area contributed by atoms with Gasteiger partial charge in [0.05, 0.1) is 25.5 Å². The third-order valence-electron chi connectivity index (χ3n) is 4.40. The van der Waals surface area contributed by atoms with E-state index >= 15 is 0 Å². The number of anilines is 2. The maximum atomic E-state index is 13.4. The van der Waals surface area contributed by atoms with Crippen molar-refractivity contribution in [2.24, 2.45) is 0 Å². The fourth-order valence-electron chi connectivity index (χ4n) is 2.95. The van der Waals surface area contributed by atoms with E-state index < -0.39 is 17.8 Å². The number of rotatable bonds is 5. The van der Waals surface area contributed by atoms with E-state index in [4.69, 9.17) is 9.47 Å². The molecule has 2 atom stereocenters. The molecule has 28 heavy (non-hydrogen) atoms. The van der Waals surface area contributed by atoms with Crippen molar-refractivity contribution in [3.05, 3.63) is 53.8 Å². The van der Waals surface area contributed by atoms with Gasteiger partial charge in [-0.2, -0.15) is 0 Å². The molecule has 1 saturated heterocycles. The Kier molecular flexibility index (Phi) is 6.23. The summed E-state index contributed by atoms with van der Waals surface area (Å²) in [5.74, 6) is -0.816. The van der Waals surface area contributed by atoms with Gasteiger partial charge >= 0.3 is 0 Å². The van der Waals surface area contributed by atoms with Crippen LogP contribution in [-0.2, 0) is 9.53 Å². The van der Waals surface area contributed by atoms with Gasteiger partial charge in [0.1, 0.15) is 17.6 Å². The first-order valence-corrected chi connectivity index (χ1v) is 8.88. The van der Waals surface area contributed by atoms with Crippen LogP contribution >= 0.6 is 0 Å². The van der Waals surface area contributed by atoms with Gasteiger partial charge in [-0.25, -0.2) is 4.39 Å². The van der Waals surface area contributed by atoms with Gasteiger partial charge in [0.15, 0.2) is 0 Å². The molecular formula is C20H22FN3O4. The minimum absolute atomic E-state index is 0.175. The molecule has 0 saturated carbocycles. The van der Waals surface area contributed by atoms with Gasteiger partial charge in [-0.1, -0.05) is 6.07 Å². The molecule has 7 nitrogen and oxygen atoms in total. The highest BCUT2D eigenvalue weighted by Gasteiger charge is 2.28. The Labute approximate surface area is 162 Å². The predicted molar refractivity (Wildman–Crippen MR) is 103 cm³/mol. The molecule has 0 unspecified atom stereocenters. The van der Waals surface area contributed by atoms with Crippen molar-refractivity contribution < 1.29 is 23.5 Å². The molecule has 2 amide bonds. The van der Waals surface area contributed by atoms with Crippen molar-refractivity contribution in [3.8, 4) is 5.75 Å². The zero-order valence-electron chi connectivity index (χ0n) is 15.6. The van der Waals surface area contributed by atoms with E-state index in [1.807, 2.05) is 6.92 Å². The second-order valence-corrected chi connectivity index (χ2v) is 6.38. The largest absolute Gasteiger partial charge is 0.495 e. The number of hydrogen-bond acceptors (Lipinski definition) is 5. The summed E-state index contributed by atoms with van der Waals surface area (Å²) in [7, 11) is 1.47. The lowest BCUT2D eigenvalue weighted by molar-refractivity contribution is -0.123. The zero-order chi connectivity index (χ0) is 20.1. The molecule has 0 aliphatic carbocycles. The van der Waals surface area contributed by atoms with Gasteiger partial charge in [0.2, 0.25) is 5.91 Å². The number of carbonyl (C=O) groups excluding carboxylic acids is 2. The Morgan fingerprint density at radius 3 is 2.75 bits per heavy atom. The Morgan fingerprint density at radius 1 is 1.21 bits per heavy atom. The van der Waals surface area contributed by atoms with Gasteiger partial charge in [-0.15, -0.1) is 0 Å². The van der Waals surface area contributed by atoms with E-state index in [0.717, 1.165) is 6.07 Å². The number of halogens is 1. The molecule has 1 aliphatic rings. The van der Waals surface area contributed by atoms with Crippen LogP contribution in [0.3, 0.4) is 0 Å². The molecule has 2 aromatic rings. The van der Waals surface area contributed by atoms with Crippen molar-refractivity contribution in [2.75, 3.05) is 30.9 Å². The van der Waals surface area contributed by atoms with Crippen LogP contribution in [-0.4, -0.2) is 44.2 Å². The number of ether oxygens (including phenoxy) is 2. The van der Waals surface area contributed by atoms with E-state index in [1.165, 1.54) is 25.3 Å². The van der Waals surface area contributed by atoms with E-state index in [-0.39, 0.29) is 17.6 Å². The highest BCUT2D eigenvalue weighted by atomic mass is 19.1. The first kappa shape index (κ1) is 19.8. The van der Waals surface area contributed by atoms with Crippen molar-refractivity contribution in [1.82, 2.24) is 5.32 Å². The number of amides is 2. The zero-order valence-corrected chi connectivity index (χ0v) is 15.6. The highest BCUT2D eigenvalue weighted by Crippen LogP contribution is 2.28. The lowest BCUT2D eigenvalue weighted by Gasteiger charge is -2.29. The monoisotopic (exact) mass is 387 g/mol. The summed E-state index contributed by atoms with van der Waals surface area (Å²) >= 11 is 0. The maximum absolute atomic E-state index is 13.4. The summed E-state index contributed by atoms with van der Waals surface area (Å²) in [6, 6.07) is 9.78. The van der Waals surface area contributed by atoms with Crippen LogP contribution < -0.4 is 20.7 Å². The van der Waals surface area contributed by atoms with E-state index in [1.54, 1.807) is 18.2 Å². The Balaban J connectivity index is 1.76. The van der Waals surface area contributed by atoms with Crippen LogP contribution in [0.15, 0.2) is 42.5 Å². The summed E-state index contributed by atoms with van der Waals surface area (Å²) in [4.78, 5) is 24.9. The second kappa shape index (κ2) is 8.81. The number of hydrogen-bond donors (Lipinski definition) is 3. The number of benzene rings is 2. The van der Waals surface area contributed by atoms with Gasteiger partial charge in [-0.05, 0) is 43.3 Å². The van der Waals surface area contributed by atoms with Crippen molar-refractivity contribution in [1.29, 1.82) is 0 Å². The van der Waals surface area contributed by atoms with E-state index in [9.17, 15) is 14.0 Å². The highest BCUT2D eigenvalue weighted by molar-refractivity contribution is 6.05. The molecule has 3 N–H and O–H groups in total.